The molecule has 0 aliphatic rings. The zero-order chi connectivity index (χ0) is 13.7. The van der Waals surface area contributed by atoms with E-state index < -0.39 is 0 Å². The van der Waals surface area contributed by atoms with Crippen molar-refractivity contribution in [2.45, 2.75) is 39.8 Å². The van der Waals surface area contributed by atoms with Crippen molar-refractivity contribution >= 4 is 0 Å². The molecule has 0 bridgehead atoms. The van der Waals surface area contributed by atoms with Crippen LogP contribution in [-0.4, -0.2) is 16.3 Å². The smallest absolute Gasteiger partial charge is 0.0659 e. The first-order valence-corrected chi connectivity index (χ1v) is 7.00. The highest BCUT2D eigenvalue weighted by molar-refractivity contribution is 5.22. The average molecular weight is 257 g/mol. The Hall–Kier alpha value is -1.61. The summed E-state index contributed by atoms with van der Waals surface area (Å²) in [7, 11) is 0. The van der Waals surface area contributed by atoms with Gasteiger partial charge in [0.2, 0.25) is 0 Å². The monoisotopic (exact) mass is 257 g/mol. The summed E-state index contributed by atoms with van der Waals surface area (Å²) in [6.07, 6.45) is 5.25. The van der Waals surface area contributed by atoms with Crippen molar-refractivity contribution in [2.24, 2.45) is 0 Å². The fourth-order valence-corrected chi connectivity index (χ4v) is 2.17. The second-order valence-corrected chi connectivity index (χ2v) is 5.14. The average Bonchev–Trinajstić information content (AvgIpc) is 2.84. The number of aromatic nitrogens is 2. The van der Waals surface area contributed by atoms with Crippen LogP contribution in [0.4, 0.5) is 0 Å². The topological polar surface area (TPSA) is 29.9 Å². The van der Waals surface area contributed by atoms with E-state index in [4.69, 9.17) is 0 Å². The highest BCUT2D eigenvalue weighted by Gasteiger charge is 2.07. The van der Waals surface area contributed by atoms with Crippen molar-refractivity contribution in [2.75, 3.05) is 6.54 Å². The number of rotatable bonds is 6. The Balaban J connectivity index is 2.01. The van der Waals surface area contributed by atoms with Crippen LogP contribution in [0.5, 0.6) is 0 Å². The molecule has 0 aliphatic heterocycles. The second kappa shape index (κ2) is 6.53. The van der Waals surface area contributed by atoms with Crippen molar-refractivity contribution in [3.63, 3.8) is 0 Å². The SMILES string of the molecule is CCCNC(C)c1cnn(Cc2cccc(C)c2)c1. The van der Waals surface area contributed by atoms with E-state index in [1.54, 1.807) is 0 Å². The van der Waals surface area contributed by atoms with Gasteiger partial charge < -0.3 is 5.32 Å². The molecular formula is C16H23N3. The summed E-state index contributed by atoms with van der Waals surface area (Å²) >= 11 is 0. The van der Waals surface area contributed by atoms with Gasteiger partial charge >= 0.3 is 0 Å². The lowest BCUT2D eigenvalue weighted by atomic mass is 10.1. The summed E-state index contributed by atoms with van der Waals surface area (Å²) in [5.41, 5.74) is 3.84. The number of nitrogens with zero attached hydrogens (tertiary/aromatic N) is 2. The van der Waals surface area contributed by atoms with Gasteiger partial charge in [-0.2, -0.15) is 5.10 Å². The van der Waals surface area contributed by atoms with Gasteiger partial charge in [-0.3, -0.25) is 4.68 Å². The minimum Gasteiger partial charge on any atom is -0.310 e. The van der Waals surface area contributed by atoms with E-state index in [9.17, 15) is 0 Å². The fourth-order valence-electron chi connectivity index (χ4n) is 2.17. The standard InChI is InChI=1S/C16H23N3/c1-4-8-17-14(3)16-10-18-19(12-16)11-15-7-5-6-13(2)9-15/h5-7,9-10,12,14,17H,4,8,11H2,1-3H3. The molecule has 3 heteroatoms. The van der Waals surface area contributed by atoms with Crippen molar-refractivity contribution in [1.29, 1.82) is 0 Å². The van der Waals surface area contributed by atoms with Crippen LogP contribution in [-0.2, 0) is 6.54 Å². The minimum atomic E-state index is 0.367. The first-order valence-electron chi connectivity index (χ1n) is 7.00. The van der Waals surface area contributed by atoms with Crippen LogP contribution in [0.25, 0.3) is 0 Å². The molecule has 0 aliphatic carbocycles. The summed E-state index contributed by atoms with van der Waals surface area (Å²) < 4.78 is 2.01. The highest BCUT2D eigenvalue weighted by Crippen LogP contribution is 2.12. The Bertz CT molecular complexity index is 516. The third kappa shape index (κ3) is 3.93. The number of nitrogens with one attached hydrogen (secondary N) is 1. The molecule has 0 radical (unpaired) electrons. The third-order valence-electron chi connectivity index (χ3n) is 3.28. The van der Waals surface area contributed by atoms with Gasteiger partial charge in [-0.25, -0.2) is 0 Å². The lowest BCUT2D eigenvalue weighted by molar-refractivity contribution is 0.569. The molecule has 0 spiro atoms. The maximum absolute atomic E-state index is 4.45. The van der Waals surface area contributed by atoms with E-state index in [0.29, 0.717) is 6.04 Å². The van der Waals surface area contributed by atoms with Crippen molar-refractivity contribution in [3.05, 3.63) is 53.3 Å². The molecular weight excluding hydrogens is 234 g/mol. The van der Waals surface area contributed by atoms with Gasteiger partial charge in [0.15, 0.2) is 0 Å². The third-order valence-corrected chi connectivity index (χ3v) is 3.28. The highest BCUT2D eigenvalue weighted by atomic mass is 15.3. The van der Waals surface area contributed by atoms with Gasteiger partial charge in [-0.1, -0.05) is 36.8 Å². The van der Waals surface area contributed by atoms with E-state index in [-0.39, 0.29) is 0 Å². The zero-order valence-corrected chi connectivity index (χ0v) is 12.1. The Kier molecular flexibility index (Phi) is 4.74. The number of hydrogen-bond acceptors (Lipinski definition) is 2. The van der Waals surface area contributed by atoms with Gasteiger partial charge in [0, 0.05) is 17.8 Å². The predicted molar refractivity (Wildman–Crippen MR) is 79.2 cm³/mol. The maximum atomic E-state index is 4.45. The predicted octanol–water partition coefficient (Wildman–Crippen LogP) is 3.30. The Morgan fingerprint density at radius 2 is 2.21 bits per heavy atom. The maximum Gasteiger partial charge on any atom is 0.0659 e. The first kappa shape index (κ1) is 13.8. The quantitative estimate of drug-likeness (QED) is 0.860. The lowest BCUT2D eigenvalue weighted by Crippen LogP contribution is -2.18. The molecule has 0 saturated carbocycles. The molecule has 0 fully saturated rings. The first-order chi connectivity index (χ1) is 9.19. The summed E-state index contributed by atoms with van der Waals surface area (Å²) in [6, 6.07) is 8.94. The molecule has 0 saturated heterocycles. The molecule has 19 heavy (non-hydrogen) atoms. The van der Waals surface area contributed by atoms with Crippen LogP contribution in [0.15, 0.2) is 36.7 Å². The molecule has 1 unspecified atom stereocenters. The van der Waals surface area contributed by atoms with Gasteiger partial charge in [0.1, 0.15) is 0 Å². The van der Waals surface area contributed by atoms with Crippen LogP contribution in [0.2, 0.25) is 0 Å². The van der Waals surface area contributed by atoms with Crippen molar-refractivity contribution < 1.29 is 0 Å². The van der Waals surface area contributed by atoms with Gasteiger partial charge in [-0.05, 0) is 32.4 Å². The molecule has 3 nitrogen and oxygen atoms in total. The lowest BCUT2D eigenvalue weighted by Gasteiger charge is -2.10. The van der Waals surface area contributed by atoms with Gasteiger partial charge in [0.25, 0.3) is 0 Å². The van der Waals surface area contributed by atoms with E-state index in [0.717, 1.165) is 19.5 Å². The fraction of sp³-hybridized carbons (Fsp3) is 0.438. The van der Waals surface area contributed by atoms with Gasteiger partial charge in [0.05, 0.1) is 12.7 Å². The minimum absolute atomic E-state index is 0.367. The van der Waals surface area contributed by atoms with Crippen LogP contribution < -0.4 is 5.32 Å². The normalized spacial score (nSPS) is 12.6. The molecule has 2 rings (SSSR count). The van der Waals surface area contributed by atoms with E-state index >= 15 is 0 Å². The number of aryl methyl sites for hydroxylation is 1. The Morgan fingerprint density at radius 1 is 1.37 bits per heavy atom. The van der Waals surface area contributed by atoms with Crippen LogP contribution in [0, 0.1) is 6.92 Å². The largest absolute Gasteiger partial charge is 0.310 e. The molecule has 1 heterocycles. The molecule has 1 aromatic carbocycles. The molecule has 1 atom stereocenters. The second-order valence-electron chi connectivity index (χ2n) is 5.14. The molecule has 0 amide bonds. The van der Waals surface area contributed by atoms with Crippen LogP contribution in [0.1, 0.15) is 43.0 Å². The molecule has 1 N–H and O–H groups in total. The van der Waals surface area contributed by atoms with E-state index in [1.165, 1.54) is 16.7 Å². The van der Waals surface area contributed by atoms with Crippen LogP contribution >= 0.6 is 0 Å². The van der Waals surface area contributed by atoms with Crippen molar-refractivity contribution in [3.8, 4) is 0 Å². The van der Waals surface area contributed by atoms with Crippen molar-refractivity contribution in [1.82, 2.24) is 15.1 Å². The van der Waals surface area contributed by atoms with Crippen LogP contribution in [0.3, 0.4) is 0 Å². The van der Waals surface area contributed by atoms with Gasteiger partial charge in [-0.15, -0.1) is 0 Å². The molecule has 2 aromatic rings. The van der Waals surface area contributed by atoms with E-state index in [2.05, 4.69) is 61.6 Å². The molecule has 1 aromatic heterocycles. The summed E-state index contributed by atoms with van der Waals surface area (Å²) in [5.74, 6) is 0. The van der Waals surface area contributed by atoms with E-state index in [1.807, 2.05) is 10.9 Å². The number of benzene rings is 1. The summed E-state index contributed by atoms with van der Waals surface area (Å²) in [4.78, 5) is 0. The summed E-state index contributed by atoms with van der Waals surface area (Å²) in [5, 5.41) is 7.93. The zero-order valence-electron chi connectivity index (χ0n) is 12.1. The number of hydrogen-bond donors (Lipinski definition) is 1. The Morgan fingerprint density at radius 3 is 2.95 bits per heavy atom. The molecule has 102 valence electrons. The Labute approximate surface area is 115 Å². The summed E-state index contributed by atoms with van der Waals surface area (Å²) in [6.45, 7) is 8.37.